The summed E-state index contributed by atoms with van der Waals surface area (Å²) in [6, 6.07) is 7.50. The van der Waals surface area contributed by atoms with Gasteiger partial charge < -0.3 is 15.5 Å². The normalized spacial score (nSPS) is 21.1. The molecule has 2 fully saturated rings. The van der Waals surface area contributed by atoms with E-state index in [0.717, 1.165) is 17.5 Å². The second kappa shape index (κ2) is 9.03. The van der Waals surface area contributed by atoms with Gasteiger partial charge in [0.2, 0.25) is 11.8 Å². The summed E-state index contributed by atoms with van der Waals surface area (Å²) < 4.78 is 0. The van der Waals surface area contributed by atoms with E-state index < -0.39 is 12.1 Å². The number of nitrogens with zero attached hydrogens (tertiary/aromatic N) is 3. The van der Waals surface area contributed by atoms with Crippen molar-refractivity contribution in [2.24, 2.45) is 0 Å². The minimum atomic E-state index is -0.524. The molecule has 2 unspecified atom stereocenters. The molecule has 0 spiro atoms. The molecule has 0 bridgehead atoms. The third-order valence-corrected chi connectivity index (χ3v) is 6.16. The molecule has 2 aliphatic heterocycles. The van der Waals surface area contributed by atoms with E-state index in [1.165, 1.54) is 9.80 Å². The molecule has 0 saturated carbocycles. The van der Waals surface area contributed by atoms with Crippen molar-refractivity contribution < 1.29 is 14.4 Å². The molecule has 4 amide bonds. The van der Waals surface area contributed by atoms with Crippen LogP contribution in [0.15, 0.2) is 42.7 Å². The second-order valence-electron chi connectivity index (χ2n) is 7.80. The van der Waals surface area contributed by atoms with E-state index in [1.807, 2.05) is 13.0 Å². The van der Waals surface area contributed by atoms with Gasteiger partial charge >= 0.3 is 6.03 Å². The Bertz CT molecular complexity index is 1000. The van der Waals surface area contributed by atoms with Crippen LogP contribution in [0.3, 0.4) is 0 Å². The molecule has 9 heteroatoms. The number of benzene rings is 1. The molecule has 2 aromatic rings. The molecular weight excluding hydrogens is 418 g/mol. The Hall–Kier alpha value is -2.97. The molecule has 2 aliphatic rings. The summed E-state index contributed by atoms with van der Waals surface area (Å²) in [6.45, 7) is 2.48. The fraction of sp³-hybridized carbons (Fsp3) is 0.364. The maximum absolute atomic E-state index is 13.3. The van der Waals surface area contributed by atoms with Crippen molar-refractivity contribution >= 4 is 35.1 Å². The average molecular weight is 442 g/mol. The van der Waals surface area contributed by atoms with Gasteiger partial charge in [-0.1, -0.05) is 23.7 Å². The number of halogens is 1. The van der Waals surface area contributed by atoms with Gasteiger partial charge in [-0.15, -0.1) is 0 Å². The van der Waals surface area contributed by atoms with E-state index in [-0.39, 0.29) is 30.9 Å². The van der Waals surface area contributed by atoms with E-state index in [9.17, 15) is 14.4 Å². The van der Waals surface area contributed by atoms with E-state index >= 15 is 0 Å². The van der Waals surface area contributed by atoms with Crippen LogP contribution in [0.4, 0.5) is 10.5 Å². The first-order valence-corrected chi connectivity index (χ1v) is 10.6. The van der Waals surface area contributed by atoms with Crippen LogP contribution in [0.5, 0.6) is 0 Å². The molecule has 2 N–H and O–H groups in total. The molecule has 1 aromatic carbocycles. The summed E-state index contributed by atoms with van der Waals surface area (Å²) >= 11 is 6.14. The third kappa shape index (κ3) is 4.40. The SMILES string of the molecule is Cc1c(Cl)cccc1NC(=O)CN1C(=O)N(Cc2cccnc2)C(=O)C2NCCCC21. The van der Waals surface area contributed by atoms with Gasteiger partial charge in [-0.25, -0.2) is 4.79 Å². The molecule has 4 rings (SSSR count). The Morgan fingerprint density at radius 1 is 1.29 bits per heavy atom. The van der Waals surface area contributed by atoms with Gasteiger partial charge in [0.05, 0.1) is 12.6 Å². The van der Waals surface area contributed by atoms with Gasteiger partial charge in [0, 0.05) is 23.1 Å². The van der Waals surface area contributed by atoms with E-state index in [2.05, 4.69) is 15.6 Å². The van der Waals surface area contributed by atoms with Crippen molar-refractivity contribution in [3.05, 3.63) is 58.9 Å². The smallest absolute Gasteiger partial charge is 0.324 e. The van der Waals surface area contributed by atoms with Crippen molar-refractivity contribution in [1.29, 1.82) is 0 Å². The lowest BCUT2D eigenvalue weighted by Gasteiger charge is -2.46. The minimum absolute atomic E-state index is 0.113. The van der Waals surface area contributed by atoms with Crippen LogP contribution in [0, 0.1) is 6.92 Å². The van der Waals surface area contributed by atoms with E-state index in [4.69, 9.17) is 11.6 Å². The summed E-state index contributed by atoms with van der Waals surface area (Å²) in [6.07, 6.45) is 4.76. The Morgan fingerprint density at radius 2 is 2.13 bits per heavy atom. The first kappa shape index (κ1) is 21.3. The first-order valence-electron chi connectivity index (χ1n) is 10.2. The predicted octanol–water partition coefficient (Wildman–Crippen LogP) is 2.57. The first-order chi connectivity index (χ1) is 15.0. The predicted molar refractivity (Wildman–Crippen MR) is 117 cm³/mol. The Morgan fingerprint density at radius 3 is 2.90 bits per heavy atom. The Balaban J connectivity index is 1.55. The number of fused-ring (bicyclic) bond motifs is 1. The molecule has 2 saturated heterocycles. The number of hydrogen-bond donors (Lipinski definition) is 2. The van der Waals surface area contributed by atoms with Gasteiger partial charge in [-0.3, -0.25) is 19.5 Å². The Kier molecular flexibility index (Phi) is 6.20. The number of hydrogen-bond acceptors (Lipinski definition) is 5. The van der Waals surface area contributed by atoms with E-state index in [1.54, 1.807) is 36.7 Å². The molecule has 0 aliphatic carbocycles. The van der Waals surface area contributed by atoms with Gasteiger partial charge in [0.1, 0.15) is 12.6 Å². The minimum Gasteiger partial charge on any atom is -0.324 e. The number of pyridine rings is 1. The number of piperidine rings is 1. The number of amides is 4. The molecule has 0 radical (unpaired) electrons. The second-order valence-corrected chi connectivity index (χ2v) is 8.21. The number of nitrogens with one attached hydrogen (secondary N) is 2. The molecule has 31 heavy (non-hydrogen) atoms. The summed E-state index contributed by atoms with van der Waals surface area (Å²) in [5.74, 6) is -0.598. The highest BCUT2D eigenvalue weighted by atomic mass is 35.5. The third-order valence-electron chi connectivity index (χ3n) is 5.75. The van der Waals surface area contributed by atoms with Gasteiger partial charge in [-0.2, -0.15) is 0 Å². The zero-order valence-corrected chi connectivity index (χ0v) is 17.9. The van der Waals surface area contributed by atoms with Gasteiger partial charge in [0.15, 0.2) is 0 Å². The topological polar surface area (TPSA) is 94.6 Å². The quantitative estimate of drug-likeness (QED) is 0.743. The van der Waals surface area contributed by atoms with E-state index in [0.29, 0.717) is 23.7 Å². The standard InChI is InChI=1S/C22H24ClN5O3/c1-14-16(23)6-2-7-17(14)26-19(29)13-27-18-8-4-10-25-20(18)21(30)28(22(27)31)12-15-5-3-9-24-11-15/h2-3,5-7,9,11,18,20,25H,4,8,10,12-13H2,1H3,(H,26,29). The highest BCUT2D eigenvalue weighted by Gasteiger charge is 2.47. The maximum atomic E-state index is 13.3. The highest BCUT2D eigenvalue weighted by molar-refractivity contribution is 6.31. The number of carbonyl (C=O) groups excluding carboxylic acids is 3. The molecular formula is C22H24ClN5O3. The lowest BCUT2D eigenvalue weighted by molar-refractivity contribution is -0.138. The summed E-state index contributed by atoms with van der Waals surface area (Å²) in [5.41, 5.74) is 2.11. The lowest BCUT2D eigenvalue weighted by Crippen LogP contribution is -2.70. The molecule has 8 nitrogen and oxygen atoms in total. The summed E-state index contributed by atoms with van der Waals surface area (Å²) in [7, 11) is 0. The number of urea groups is 1. The van der Waals surface area contributed by atoms with Gasteiger partial charge in [0.25, 0.3) is 0 Å². The van der Waals surface area contributed by atoms with Crippen molar-refractivity contribution in [2.75, 3.05) is 18.4 Å². The van der Waals surface area contributed by atoms with Crippen LogP contribution in [-0.4, -0.2) is 57.8 Å². The molecule has 162 valence electrons. The number of rotatable bonds is 5. The van der Waals surface area contributed by atoms with Crippen molar-refractivity contribution in [2.45, 2.75) is 38.4 Å². The van der Waals surface area contributed by atoms with Crippen LogP contribution in [0.1, 0.15) is 24.0 Å². The van der Waals surface area contributed by atoms with Crippen molar-refractivity contribution in [1.82, 2.24) is 20.1 Å². The fourth-order valence-corrected chi connectivity index (χ4v) is 4.28. The van der Waals surface area contributed by atoms with Crippen molar-refractivity contribution in [3.8, 4) is 0 Å². The van der Waals surface area contributed by atoms with Crippen LogP contribution in [-0.2, 0) is 16.1 Å². The van der Waals surface area contributed by atoms with Crippen LogP contribution >= 0.6 is 11.6 Å². The Labute approximate surface area is 185 Å². The van der Waals surface area contributed by atoms with Crippen LogP contribution < -0.4 is 10.6 Å². The summed E-state index contributed by atoms with van der Waals surface area (Å²) in [5, 5.41) is 6.62. The summed E-state index contributed by atoms with van der Waals surface area (Å²) in [4.78, 5) is 45.9. The fourth-order valence-electron chi connectivity index (χ4n) is 4.11. The van der Waals surface area contributed by atoms with Gasteiger partial charge in [-0.05, 0) is 55.6 Å². The number of imide groups is 1. The molecule has 2 atom stereocenters. The number of carbonyl (C=O) groups is 3. The largest absolute Gasteiger partial charge is 0.327 e. The van der Waals surface area contributed by atoms with Crippen LogP contribution in [0.2, 0.25) is 5.02 Å². The van der Waals surface area contributed by atoms with Crippen molar-refractivity contribution in [3.63, 3.8) is 0 Å². The number of aromatic nitrogens is 1. The average Bonchev–Trinajstić information content (AvgIpc) is 2.78. The van der Waals surface area contributed by atoms with Crippen LogP contribution in [0.25, 0.3) is 0 Å². The lowest BCUT2D eigenvalue weighted by atomic mass is 9.93. The maximum Gasteiger partial charge on any atom is 0.327 e. The number of anilines is 1. The molecule has 3 heterocycles. The monoisotopic (exact) mass is 441 g/mol. The highest BCUT2D eigenvalue weighted by Crippen LogP contribution is 2.27. The molecule has 1 aromatic heterocycles. The zero-order chi connectivity index (χ0) is 22.0. The zero-order valence-electron chi connectivity index (χ0n) is 17.2.